The van der Waals surface area contributed by atoms with Crippen molar-refractivity contribution in [3.63, 3.8) is 0 Å². The van der Waals surface area contributed by atoms with E-state index in [0.717, 1.165) is 11.1 Å². The van der Waals surface area contributed by atoms with Gasteiger partial charge in [0.15, 0.2) is 5.78 Å². The lowest BCUT2D eigenvalue weighted by Crippen LogP contribution is -2.30. The van der Waals surface area contributed by atoms with Gasteiger partial charge in [0.2, 0.25) is 0 Å². The Kier molecular flexibility index (Phi) is 8.96. The monoisotopic (exact) mass is 375 g/mol. The van der Waals surface area contributed by atoms with Crippen molar-refractivity contribution in [3.05, 3.63) is 95.8 Å². The molecule has 0 bridgehead atoms. The average Bonchev–Trinajstić information content (AvgIpc) is 2.71. The first-order valence-corrected chi connectivity index (χ1v) is 9.56. The molecule has 1 unspecified atom stereocenters. The summed E-state index contributed by atoms with van der Waals surface area (Å²) >= 11 is 0. The highest BCUT2D eigenvalue weighted by atomic mass is 16.5. The van der Waals surface area contributed by atoms with E-state index >= 15 is 0 Å². The van der Waals surface area contributed by atoms with Crippen LogP contribution in [0, 0.1) is 6.92 Å². The molecule has 0 aliphatic heterocycles. The lowest BCUT2D eigenvalue weighted by Gasteiger charge is -2.16. The Morgan fingerprint density at radius 1 is 1.07 bits per heavy atom. The second kappa shape index (κ2) is 11.7. The average molecular weight is 376 g/mol. The number of carbonyl (C=O) groups is 1. The third kappa shape index (κ3) is 8.19. The van der Waals surface area contributed by atoms with Crippen LogP contribution in [0.2, 0.25) is 0 Å². The van der Waals surface area contributed by atoms with Crippen LogP contribution < -0.4 is 5.32 Å². The fraction of sp³-hybridized carbons (Fsp3) is 0.240. The predicted octanol–water partition coefficient (Wildman–Crippen LogP) is 5.19. The number of allylic oxidation sites excluding steroid dienone is 2. The molecule has 0 fully saturated rings. The topological polar surface area (TPSA) is 38.3 Å². The van der Waals surface area contributed by atoms with Crippen molar-refractivity contribution in [2.75, 3.05) is 13.7 Å². The lowest BCUT2D eigenvalue weighted by atomic mass is 10.1. The molecular weight excluding hydrogens is 346 g/mol. The maximum Gasteiger partial charge on any atom is 0.155 e. The fourth-order valence-corrected chi connectivity index (χ4v) is 2.68. The first-order valence-electron chi connectivity index (χ1n) is 9.56. The van der Waals surface area contributed by atoms with Gasteiger partial charge in [0.1, 0.15) is 12.4 Å². The van der Waals surface area contributed by atoms with E-state index in [1.807, 2.05) is 80.7 Å². The Morgan fingerprint density at radius 2 is 1.79 bits per heavy atom. The summed E-state index contributed by atoms with van der Waals surface area (Å²) in [6, 6.07) is 18.2. The van der Waals surface area contributed by atoms with Gasteiger partial charge in [0.25, 0.3) is 0 Å². The molecular formula is C25H29NO2. The second-order valence-electron chi connectivity index (χ2n) is 6.76. The van der Waals surface area contributed by atoms with Crippen molar-refractivity contribution < 1.29 is 9.53 Å². The maximum atomic E-state index is 12.1. The summed E-state index contributed by atoms with van der Waals surface area (Å²) in [5, 5.41) is 3.20. The number of carbonyl (C=O) groups excluding carboxylic acids is 1. The third-order valence-electron chi connectivity index (χ3n) is 4.38. The molecule has 2 aromatic rings. The zero-order valence-electron chi connectivity index (χ0n) is 16.7. The zero-order chi connectivity index (χ0) is 20.2. The third-order valence-corrected chi connectivity index (χ3v) is 4.38. The van der Waals surface area contributed by atoms with E-state index in [-0.39, 0.29) is 11.8 Å². The highest BCUT2D eigenvalue weighted by Crippen LogP contribution is 2.09. The molecule has 0 spiro atoms. The number of ketones is 1. The van der Waals surface area contributed by atoms with Crippen molar-refractivity contribution in [1.82, 2.24) is 5.32 Å². The largest absolute Gasteiger partial charge is 0.493 e. The van der Waals surface area contributed by atoms with Crippen LogP contribution in [-0.4, -0.2) is 25.5 Å². The highest BCUT2D eigenvalue weighted by Gasteiger charge is 2.09. The number of ether oxygens (including phenoxy) is 1. The van der Waals surface area contributed by atoms with E-state index in [9.17, 15) is 4.79 Å². The van der Waals surface area contributed by atoms with Crippen LogP contribution in [0.15, 0.2) is 79.1 Å². The fourth-order valence-electron chi connectivity index (χ4n) is 2.68. The van der Waals surface area contributed by atoms with Crippen molar-refractivity contribution in [2.45, 2.75) is 25.8 Å². The molecule has 0 saturated heterocycles. The van der Waals surface area contributed by atoms with Crippen LogP contribution in [0.1, 0.15) is 29.5 Å². The summed E-state index contributed by atoms with van der Waals surface area (Å²) in [5.41, 5.74) is 3.33. The molecule has 28 heavy (non-hydrogen) atoms. The molecule has 0 radical (unpaired) electrons. The van der Waals surface area contributed by atoms with Gasteiger partial charge in [-0.1, -0.05) is 78.9 Å². The van der Waals surface area contributed by atoms with Crippen LogP contribution >= 0.6 is 0 Å². The maximum absolute atomic E-state index is 12.1. The summed E-state index contributed by atoms with van der Waals surface area (Å²) in [6.07, 6.45) is 8.54. The van der Waals surface area contributed by atoms with Gasteiger partial charge in [-0.2, -0.15) is 0 Å². The number of hydrogen-bond donors (Lipinski definition) is 1. The summed E-state index contributed by atoms with van der Waals surface area (Å²) in [4.78, 5) is 12.1. The molecule has 0 aromatic heterocycles. The molecule has 0 saturated carbocycles. The minimum atomic E-state index is 0.0956. The van der Waals surface area contributed by atoms with Gasteiger partial charge >= 0.3 is 0 Å². The SMILES string of the molecule is C=C(/C=C/c1ccccc1)OCC(CCC(=O)/C=C/c1cccc(C)c1)NC. The zero-order valence-corrected chi connectivity index (χ0v) is 16.7. The lowest BCUT2D eigenvalue weighted by molar-refractivity contribution is -0.114. The van der Waals surface area contributed by atoms with Crippen LogP contribution in [-0.2, 0) is 9.53 Å². The van der Waals surface area contributed by atoms with Gasteiger partial charge in [-0.3, -0.25) is 4.79 Å². The van der Waals surface area contributed by atoms with Gasteiger partial charge in [-0.25, -0.2) is 0 Å². The molecule has 2 rings (SSSR count). The number of rotatable bonds is 11. The quantitative estimate of drug-likeness (QED) is 0.334. The molecule has 3 heteroatoms. The number of hydrogen-bond acceptors (Lipinski definition) is 3. The van der Waals surface area contributed by atoms with E-state index in [1.54, 1.807) is 6.08 Å². The van der Waals surface area contributed by atoms with E-state index in [2.05, 4.69) is 18.0 Å². The summed E-state index contributed by atoms with van der Waals surface area (Å²) in [5.74, 6) is 0.722. The van der Waals surface area contributed by atoms with E-state index in [4.69, 9.17) is 4.74 Å². The normalized spacial score (nSPS) is 12.4. The highest BCUT2D eigenvalue weighted by molar-refractivity contribution is 5.93. The van der Waals surface area contributed by atoms with Gasteiger partial charge in [0.05, 0.1) is 0 Å². The van der Waals surface area contributed by atoms with Gasteiger partial charge in [0, 0.05) is 12.5 Å². The van der Waals surface area contributed by atoms with Crippen LogP contribution in [0.5, 0.6) is 0 Å². The Hall–Kier alpha value is -2.91. The van der Waals surface area contributed by atoms with Gasteiger partial charge < -0.3 is 10.1 Å². The van der Waals surface area contributed by atoms with E-state index in [0.29, 0.717) is 25.2 Å². The minimum absolute atomic E-state index is 0.0956. The molecule has 0 amide bonds. The van der Waals surface area contributed by atoms with Crippen molar-refractivity contribution >= 4 is 17.9 Å². The molecule has 0 aliphatic carbocycles. The summed E-state index contributed by atoms with van der Waals surface area (Å²) in [6.45, 7) is 6.44. The van der Waals surface area contributed by atoms with Crippen LogP contribution in [0.3, 0.4) is 0 Å². The molecule has 146 valence electrons. The standard InChI is InChI=1S/C25H29NO2/c1-20-8-7-11-23(18-20)14-16-25(27)17-15-24(26-3)19-28-21(2)12-13-22-9-5-4-6-10-22/h4-14,16,18,24,26H,2,15,17,19H2,1,3H3/b13-12+,16-14+. The van der Waals surface area contributed by atoms with Crippen molar-refractivity contribution in [3.8, 4) is 0 Å². The Labute approximate surface area is 168 Å². The predicted molar refractivity (Wildman–Crippen MR) is 118 cm³/mol. The molecule has 3 nitrogen and oxygen atoms in total. The van der Waals surface area contributed by atoms with Crippen molar-refractivity contribution in [2.24, 2.45) is 0 Å². The summed E-state index contributed by atoms with van der Waals surface area (Å²) < 4.78 is 5.72. The smallest absolute Gasteiger partial charge is 0.155 e. The van der Waals surface area contributed by atoms with Crippen LogP contribution in [0.4, 0.5) is 0 Å². The molecule has 0 heterocycles. The first kappa shape index (κ1) is 21.4. The van der Waals surface area contributed by atoms with Crippen LogP contribution in [0.25, 0.3) is 12.2 Å². The summed E-state index contributed by atoms with van der Waals surface area (Å²) in [7, 11) is 1.88. The number of likely N-dealkylation sites (N-methyl/N-ethyl adjacent to an activating group) is 1. The Morgan fingerprint density at radius 3 is 2.50 bits per heavy atom. The number of nitrogens with one attached hydrogen (secondary N) is 1. The number of benzene rings is 2. The Balaban J connectivity index is 1.73. The van der Waals surface area contributed by atoms with Gasteiger partial charge in [-0.15, -0.1) is 0 Å². The molecule has 0 aliphatic rings. The molecule has 1 atom stereocenters. The first-order chi connectivity index (χ1) is 13.6. The second-order valence-corrected chi connectivity index (χ2v) is 6.76. The van der Waals surface area contributed by atoms with Crippen molar-refractivity contribution in [1.29, 1.82) is 0 Å². The minimum Gasteiger partial charge on any atom is -0.493 e. The van der Waals surface area contributed by atoms with E-state index < -0.39 is 0 Å². The van der Waals surface area contributed by atoms with Gasteiger partial charge in [-0.05, 0) is 43.7 Å². The number of aryl methyl sites for hydroxylation is 1. The molecule has 1 N–H and O–H groups in total. The Bertz CT molecular complexity index is 821. The van der Waals surface area contributed by atoms with E-state index in [1.165, 1.54) is 5.56 Å². The molecule has 2 aromatic carbocycles.